The molecule has 0 heterocycles. The normalized spacial score (nSPS) is 22.1. The molecule has 0 bridgehead atoms. The van der Waals surface area contributed by atoms with Gasteiger partial charge in [0.15, 0.2) is 0 Å². The average Bonchev–Trinajstić information content (AvgIpc) is 2.83. The van der Waals surface area contributed by atoms with Crippen LogP contribution in [0.4, 0.5) is 0 Å². The van der Waals surface area contributed by atoms with E-state index in [0.717, 1.165) is 24.4 Å². The molecule has 0 aromatic carbocycles. The lowest BCUT2D eigenvalue weighted by Gasteiger charge is -2.31. The first-order chi connectivity index (χ1) is 6.45. The highest BCUT2D eigenvalue weighted by atomic mass is 14.9. The molecule has 0 saturated heterocycles. The third-order valence-electron chi connectivity index (χ3n) is 3.74. The molecular weight excluding hydrogens is 170 g/mol. The molecule has 0 aromatic heterocycles. The van der Waals surface area contributed by atoms with Gasteiger partial charge in [-0.05, 0) is 43.1 Å². The molecule has 1 heteroatoms. The van der Waals surface area contributed by atoms with Crippen molar-refractivity contribution in [3.05, 3.63) is 0 Å². The minimum Gasteiger partial charge on any atom is -0.314 e. The van der Waals surface area contributed by atoms with Crippen molar-refractivity contribution in [2.24, 2.45) is 17.3 Å². The van der Waals surface area contributed by atoms with Gasteiger partial charge in [-0.2, -0.15) is 0 Å². The Kier molecular flexibility index (Phi) is 4.00. The van der Waals surface area contributed by atoms with Crippen molar-refractivity contribution in [1.29, 1.82) is 0 Å². The number of nitrogens with one attached hydrogen (secondary N) is 1. The van der Waals surface area contributed by atoms with Crippen molar-refractivity contribution in [1.82, 2.24) is 5.32 Å². The van der Waals surface area contributed by atoms with Gasteiger partial charge in [-0.3, -0.25) is 0 Å². The number of rotatable bonds is 5. The minimum atomic E-state index is 0.461. The first kappa shape index (κ1) is 12.0. The Labute approximate surface area is 89.7 Å². The van der Waals surface area contributed by atoms with Crippen LogP contribution < -0.4 is 5.32 Å². The predicted molar refractivity (Wildman–Crippen MR) is 63.4 cm³/mol. The monoisotopic (exact) mass is 197 g/mol. The van der Waals surface area contributed by atoms with E-state index in [1.165, 1.54) is 19.3 Å². The Morgan fingerprint density at radius 3 is 2.21 bits per heavy atom. The van der Waals surface area contributed by atoms with Crippen LogP contribution in [0, 0.1) is 17.3 Å². The van der Waals surface area contributed by atoms with Crippen LogP contribution >= 0.6 is 0 Å². The average molecular weight is 197 g/mol. The van der Waals surface area contributed by atoms with E-state index in [4.69, 9.17) is 0 Å². The fourth-order valence-corrected chi connectivity index (χ4v) is 1.94. The van der Waals surface area contributed by atoms with Crippen molar-refractivity contribution >= 4 is 0 Å². The fraction of sp³-hybridized carbons (Fsp3) is 1.00. The largest absolute Gasteiger partial charge is 0.314 e. The van der Waals surface area contributed by atoms with Gasteiger partial charge in [0.25, 0.3) is 0 Å². The second-order valence-corrected chi connectivity index (χ2v) is 6.00. The van der Waals surface area contributed by atoms with Gasteiger partial charge in [0.2, 0.25) is 0 Å². The van der Waals surface area contributed by atoms with Crippen LogP contribution in [0.2, 0.25) is 0 Å². The summed E-state index contributed by atoms with van der Waals surface area (Å²) >= 11 is 0. The molecule has 14 heavy (non-hydrogen) atoms. The zero-order valence-electron chi connectivity index (χ0n) is 10.6. The topological polar surface area (TPSA) is 12.0 Å². The standard InChI is InChI=1S/C13H27N/c1-6-14-12(11-7-8-11)9-10(2)13(3,4)5/h10-12,14H,6-9H2,1-5H3. The summed E-state index contributed by atoms with van der Waals surface area (Å²) in [6.45, 7) is 12.8. The van der Waals surface area contributed by atoms with E-state index in [2.05, 4.69) is 39.9 Å². The van der Waals surface area contributed by atoms with E-state index in [1.54, 1.807) is 0 Å². The SMILES string of the molecule is CCNC(CC(C)C(C)(C)C)C1CC1. The summed E-state index contributed by atoms with van der Waals surface area (Å²) in [5.74, 6) is 1.80. The van der Waals surface area contributed by atoms with Gasteiger partial charge in [0.1, 0.15) is 0 Å². The molecule has 1 aliphatic rings. The number of hydrogen-bond acceptors (Lipinski definition) is 1. The van der Waals surface area contributed by atoms with E-state index in [9.17, 15) is 0 Å². The molecule has 1 nitrogen and oxygen atoms in total. The van der Waals surface area contributed by atoms with Gasteiger partial charge in [0.05, 0.1) is 0 Å². The highest BCUT2D eigenvalue weighted by Gasteiger charge is 2.33. The lowest BCUT2D eigenvalue weighted by molar-refractivity contribution is 0.216. The highest BCUT2D eigenvalue weighted by Crippen LogP contribution is 2.38. The first-order valence-corrected chi connectivity index (χ1v) is 6.18. The Morgan fingerprint density at radius 2 is 1.86 bits per heavy atom. The minimum absolute atomic E-state index is 0.461. The molecule has 1 aliphatic carbocycles. The molecule has 1 N–H and O–H groups in total. The van der Waals surface area contributed by atoms with Crippen LogP contribution in [0.5, 0.6) is 0 Å². The molecule has 84 valence electrons. The van der Waals surface area contributed by atoms with E-state index in [-0.39, 0.29) is 0 Å². The second-order valence-electron chi connectivity index (χ2n) is 6.00. The molecule has 0 aromatic rings. The van der Waals surface area contributed by atoms with E-state index >= 15 is 0 Å². The van der Waals surface area contributed by atoms with Crippen molar-refractivity contribution in [3.63, 3.8) is 0 Å². The maximum atomic E-state index is 3.65. The summed E-state index contributed by atoms with van der Waals surface area (Å²) in [6, 6.07) is 0.786. The molecule has 0 radical (unpaired) electrons. The molecule has 0 aliphatic heterocycles. The van der Waals surface area contributed by atoms with Crippen molar-refractivity contribution < 1.29 is 0 Å². The Hall–Kier alpha value is -0.0400. The summed E-state index contributed by atoms with van der Waals surface area (Å²) in [4.78, 5) is 0. The van der Waals surface area contributed by atoms with Crippen LogP contribution in [-0.4, -0.2) is 12.6 Å². The summed E-state index contributed by atoms with van der Waals surface area (Å²) < 4.78 is 0. The van der Waals surface area contributed by atoms with Crippen molar-refractivity contribution in [2.45, 2.75) is 59.9 Å². The van der Waals surface area contributed by atoms with E-state index in [0.29, 0.717) is 5.41 Å². The summed E-state index contributed by atoms with van der Waals surface area (Å²) in [5.41, 5.74) is 0.461. The smallest absolute Gasteiger partial charge is 0.00979 e. The van der Waals surface area contributed by atoms with Gasteiger partial charge >= 0.3 is 0 Å². The third kappa shape index (κ3) is 3.61. The molecule has 0 spiro atoms. The van der Waals surface area contributed by atoms with Crippen LogP contribution in [0.15, 0.2) is 0 Å². The zero-order valence-corrected chi connectivity index (χ0v) is 10.6. The van der Waals surface area contributed by atoms with Gasteiger partial charge in [-0.1, -0.05) is 34.6 Å². The first-order valence-electron chi connectivity index (χ1n) is 6.18. The Balaban J connectivity index is 2.38. The maximum Gasteiger partial charge on any atom is 0.00979 e. The van der Waals surface area contributed by atoms with Gasteiger partial charge in [-0.25, -0.2) is 0 Å². The maximum absolute atomic E-state index is 3.65. The molecular formula is C13H27N. The predicted octanol–water partition coefficient (Wildman–Crippen LogP) is 3.45. The summed E-state index contributed by atoms with van der Waals surface area (Å²) in [7, 11) is 0. The molecule has 0 amide bonds. The van der Waals surface area contributed by atoms with Crippen LogP contribution in [0.3, 0.4) is 0 Å². The lowest BCUT2D eigenvalue weighted by Crippen LogP contribution is -2.35. The second kappa shape index (κ2) is 4.65. The fourth-order valence-electron chi connectivity index (χ4n) is 1.94. The zero-order chi connectivity index (χ0) is 10.8. The quantitative estimate of drug-likeness (QED) is 0.712. The molecule has 1 saturated carbocycles. The summed E-state index contributed by atoms with van der Waals surface area (Å²) in [6.07, 6.45) is 4.26. The van der Waals surface area contributed by atoms with Crippen LogP contribution in [0.25, 0.3) is 0 Å². The Morgan fingerprint density at radius 1 is 1.29 bits per heavy atom. The van der Waals surface area contributed by atoms with Gasteiger partial charge in [0, 0.05) is 6.04 Å². The molecule has 2 atom stereocenters. The van der Waals surface area contributed by atoms with Crippen molar-refractivity contribution in [3.8, 4) is 0 Å². The lowest BCUT2D eigenvalue weighted by atomic mass is 9.78. The van der Waals surface area contributed by atoms with Gasteiger partial charge < -0.3 is 5.32 Å². The molecule has 1 fully saturated rings. The number of hydrogen-bond donors (Lipinski definition) is 1. The van der Waals surface area contributed by atoms with Crippen LogP contribution in [-0.2, 0) is 0 Å². The Bertz CT molecular complexity index is 165. The third-order valence-corrected chi connectivity index (χ3v) is 3.74. The van der Waals surface area contributed by atoms with E-state index in [1.807, 2.05) is 0 Å². The van der Waals surface area contributed by atoms with E-state index < -0.39 is 0 Å². The summed E-state index contributed by atoms with van der Waals surface area (Å²) in [5, 5.41) is 3.65. The van der Waals surface area contributed by atoms with Crippen LogP contribution in [0.1, 0.15) is 53.9 Å². The highest BCUT2D eigenvalue weighted by molar-refractivity contribution is 4.88. The molecule has 1 rings (SSSR count). The molecule has 2 unspecified atom stereocenters. The van der Waals surface area contributed by atoms with Gasteiger partial charge in [-0.15, -0.1) is 0 Å². The van der Waals surface area contributed by atoms with Crippen molar-refractivity contribution in [2.75, 3.05) is 6.54 Å².